The summed E-state index contributed by atoms with van der Waals surface area (Å²) >= 11 is 0. The first-order valence-electron chi connectivity index (χ1n) is 16.2. The zero-order valence-corrected chi connectivity index (χ0v) is 27.2. The molecular formula is C34H40O16. The first-order valence-corrected chi connectivity index (χ1v) is 16.2. The number of ether oxygens (including phenoxy) is 9. The molecule has 0 aromatic heterocycles. The summed E-state index contributed by atoms with van der Waals surface area (Å²) in [5.74, 6) is 1.67. The number of methoxy groups -OCH3 is 2. The Morgan fingerprint density at radius 2 is 1.60 bits per heavy atom. The van der Waals surface area contributed by atoms with Crippen molar-refractivity contribution in [3.8, 4) is 28.7 Å². The van der Waals surface area contributed by atoms with Crippen molar-refractivity contribution in [1.29, 1.82) is 0 Å². The molecule has 2 aromatic carbocycles. The second-order valence-corrected chi connectivity index (χ2v) is 12.9. The minimum atomic E-state index is -1.67. The molecule has 7 rings (SSSR count). The monoisotopic (exact) mass is 704 g/mol. The molecule has 50 heavy (non-hydrogen) atoms. The van der Waals surface area contributed by atoms with Crippen molar-refractivity contribution in [2.75, 3.05) is 40.6 Å². The van der Waals surface area contributed by atoms with Gasteiger partial charge in [-0.1, -0.05) is 6.58 Å². The molecule has 12 atom stereocenters. The van der Waals surface area contributed by atoms with E-state index in [4.69, 9.17) is 42.6 Å². The molecule has 0 aliphatic carbocycles. The van der Waals surface area contributed by atoms with Crippen LogP contribution < -0.4 is 23.7 Å². The number of aliphatic hydroxyl groups is 6. The minimum Gasteiger partial charge on any atom is -0.493 e. The molecule has 5 aliphatic heterocycles. The molecule has 0 bridgehead atoms. The molecule has 0 saturated carbocycles. The Bertz CT molecular complexity index is 1610. The van der Waals surface area contributed by atoms with Crippen LogP contribution in [-0.2, 0) is 25.4 Å². The van der Waals surface area contributed by atoms with E-state index in [9.17, 15) is 35.4 Å². The minimum absolute atomic E-state index is 0.123. The van der Waals surface area contributed by atoms with Gasteiger partial charge in [-0.25, -0.2) is 0 Å². The number of Topliss-reactive ketones (excluding diaryl/α,β-unsaturated/α-hetero) is 1. The third-order valence-corrected chi connectivity index (χ3v) is 9.76. The topological polar surface area (TPSA) is 222 Å². The highest BCUT2D eigenvalue weighted by Gasteiger charge is 2.48. The lowest BCUT2D eigenvalue weighted by atomic mass is 9.81. The molecular weight excluding hydrogens is 664 g/mol. The number of carbonyl (C=O) groups excluding carboxylic acids is 1. The Morgan fingerprint density at radius 1 is 0.860 bits per heavy atom. The number of benzene rings is 2. The van der Waals surface area contributed by atoms with Crippen LogP contribution in [-0.4, -0.2) is 145 Å². The second kappa shape index (κ2) is 13.9. The number of carbonyl (C=O) groups is 1. The highest BCUT2D eigenvalue weighted by Crippen LogP contribution is 2.50. The lowest BCUT2D eigenvalue weighted by molar-refractivity contribution is -0.319. The van der Waals surface area contributed by atoms with Crippen LogP contribution in [0.25, 0.3) is 0 Å². The van der Waals surface area contributed by atoms with Gasteiger partial charge in [-0.05, 0) is 23.8 Å². The van der Waals surface area contributed by atoms with Gasteiger partial charge in [-0.15, -0.1) is 0 Å². The van der Waals surface area contributed by atoms with Gasteiger partial charge in [0.15, 0.2) is 29.9 Å². The SMILES string of the molecule is C=C(CO[C@@H]1OC(CO[C@@H]2OC[C@H](O)C(O)C2O)[C@@H](O)[C@H](O)C1O)C1Cc2c(ccc3c2OC2COc4cc(OC)c(OC)cc4C2C3=O)O1. The Hall–Kier alpha value is -3.55. The Labute approximate surface area is 286 Å². The molecule has 0 radical (unpaired) electrons. The van der Waals surface area contributed by atoms with Crippen molar-refractivity contribution in [1.82, 2.24) is 0 Å². The maximum absolute atomic E-state index is 13.9. The number of aliphatic hydroxyl groups excluding tert-OH is 6. The predicted octanol–water partition coefficient (Wildman–Crippen LogP) is -1.04. The van der Waals surface area contributed by atoms with Crippen LogP contribution in [0.2, 0.25) is 0 Å². The summed E-state index contributed by atoms with van der Waals surface area (Å²) in [5.41, 5.74) is 2.20. The lowest BCUT2D eigenvalue weighted by Crippen LogP contribution is -2.60. The van der Waals surface area contributed by atoms with Crippen molar-refractivity contribution >= 4 is 5.78 Å². The van der Waals surface area contributed by atoms with E-state index in [1.807, 2.05) is 0 Å². The number of hydrogen-bond acceptors (Lipinski definition) is 16. The molecule has 0 amide bonds. The summed E-state index contributed by atoms with van der Waals surface area (Å²) in [5, 5.41) is 61.2. The maximum atomic E-state index is 13.9. The molecule has 16 heteroatoms. The Morgan fingerprint density at radius 3 is 2.36 bits per heavy atom. The van der Waals surface area contributed by atoms with Crippen molar-refractivity contribution in [2.45, 2.75) is 79.9 Å². The summed E-state index contributed by atoms with van der Waals surface area (Å²) in [6, 6.07) is 6.82. The zero-order chi connectivity index (χ0) is 35.4. The number of rotatable bonds is 9. The van der Waals surface area contributed by atoms with Crippen LogP contribution in [0.15, 0.2) is 36.4 Å². The van der Waals surface area contributed by atoms with E-state index in [1.54, 1.807) is 24.3 Å². The standard InChI is InChI=1S/C34H40O16/c1-13(9-45-34-31(41)29(39)28(38)24(50-34)12-47-33-30(40)27(37)17(35)10-46-33)19-7-16-18(48-19)5-4-14-26(36)25-15-6-21(42-2)22(43-3)8-20(15)44-11-23(25)49-32(14)16/h4-6,8,17,19,23-25,27-31,33-35,37-41H,1,7,9-12H2,2-3H3/t17-,19?,23?,24?,25?,27?,28+,29-,30?,31?,33-,34+/m0/s1. The van der Waals surface area contributed by atoms with Gasteiger partial charge in [-0.2, -0.15) is 0 Å². The average molecular weight is 705 g/mol. The first-order chi connectivity index (χ1) is 24.0. The quantitative estimate of drug-likeness (QED) is 0.172. The molecule has 2 fully saturated rings. The predicted molar refractivity (Wildman–Crippen MR) is 167 cm³/mol. The smallest absolute Gasteiger partial charge is 0.187 e. The molecule has 2 aromatic rings. The van der Waals surface area contributed by atoms with E-state index in [-0.39, 0.29) is 25.6 Å². The van der Waals surface area contributed by atoms with E-state index in [1.165, 1.54) is 14.2 Å². The number of fused-ring (bicyclic) bond motifs is 6. The van der Waals surface area contributed by atoms with E-state index in [0.29, 0.717) is 57.4 Å². The van der Waals surface area contributed by atoms with Gasteiger partial charge in [0.1, 0.15) is 78.8 Å². The van der Waals surface area contributed by atoms with Crippen LogP contribution >= 0.6 is 0 Å². The fourth-order valence-electron chi connectivity index (χ4n) is 6.88. The Kier molecular flexibility index (Phi) is 9.68. The van der Waals surface area contributed by atoms with Crippen LogP contribution in [0.4, 0.5) is 0 Å². The van der Waals surface area contributed by atoms with Crippen LogP contribution in [0, 0.1) is 0 Å². The van der Waals surface area contributed by atoms with Crippen molar-refractivity contribution in [2.24, 2.45) is 0 Å². The maximum Gasteiger partial charge on any atom is 0.187 e. The van der Waals surface area contributed by atoms with Gasteiger partial charge in [-0.3, -0.25) is 4.79 Å². The third-order valence-electron chi connectivity index (χ3n) is 9.76. The highest BCUT2D eigenvalue weighted by atomic mass is 16.7. The highest BCUT2D eigenvalue weighted by molar-refractivity contribution is 6.06. The number of ketones is 1. The van der Waals surface area contributed by atoms with Crippen LogP contribution in [0.3, 0.4) is 0 Å². The summed E-state index contributed by atoms with van der Waals surface area (Å²) in [6.45, 7) is 3.35. The van der Waals surface area contributed by atoms with Gasteiger partial charge in [0, 0.05) is 23.6 Å². The van der Waals surface area contributed by atoms with Gasteiger partial charge >= 0.3 is 0 Å². The van der Waals surface area contributed by atoms with Gasteiger partial charge in [0.05, 0.1) is 45.5 Å². The summed E-state index contributed by atoms with van der Waals surface area (Å²) in [6.07, 6.45) is -14.1. The molecule has 6 N–H and O–H groups in total. The van der Waals surface area contributed by atoms with Crippen molar-refractivity contribution in [3.63, 3.8) is 0 Å². The van der Waals surface area contributed by atoms with Crippen LogP contribution in [0.5, 0.6) is 28.7 Å². The molecule has 5 aliphatic rings. The van der Waals surface area contributed by atoms with E-state index < -0.39 is 80.0 Å². The summed E-state index contributed by atoms with van der Waals surface area (Å²) < 4.78 is 51.5. The molecule has 0 spiro atoms. The summed E-state index contributed by atoms with van der Waals surface area (Å²) in [7, 11) is 3.04. The molecule has 2 saturated heterocycles. The molecule has 5 heterocycles. The van der Waals surface area contributed by atoms with Crippen LogP contribution in [0.1, 0.15) is 27.4 Å². The zero-order valence-electron chi connectivity index (χ0n) is 27.2. The van der Waals surface area contributed by atoms with Gasteiger partial charge in [0.25, 0.3) is 0 Å². The third kappa shape index (κ3) is 6.08. The fraction of sp³-hybridized carbons (Fsp3) is 0.559. The van der Waals surface area contributed by atoms with E-state index >= 15 is 0 Å². The van der Waals surface area contributed by atoms with E-state index in [0.717, 1.165) is 0 Å². The number of hydrogen-bond donors (Lipinski definition) is 6. The summed E-state index contributed by atoms with van der Waals surface area (Å²) in [4.78, 5) is 13.9. The molecule has 272 valence electrons. The molecule has 16 nitrogen and oxygen atoms in total. The van der Waals surface area contributed by atoms with E-state index in [2.05, 4.69) is 6.58 Å². The van der Waals surface area contributed by atoms with Crippen molar-refractivity contribution < 1.29 is 78.1 Å². The lowest BCUT2D eigenvalue weighted by Gasteiger charge is -2.41. The average Bonchev–Trinajstić information content (AvgIpc) is 3.57. The largest absolute Gasteiger partial charge is 0.493 e. The normalized spacial score (nSPS) is 35.7. The Balaban J connectivity index is 0.993. The van der Waals surface area contributed by atoms with Gasteiger partial charge in [0.2, 0.25) is 0 Å². The fourth-order valence-corrected chi connectivity index (χ4v) is 6.88. The molecule has 7 unspecified atom stereocenters. The second-order valence-electron chi connectivity index (χ2n) is 12.9. The first kappa shape index (κ1) is 34.9. The van der Waals surface area contributed by atoms with Crippen molar-refractivity contribution in [3.05, 3.63) is 53.1 Å². The van der Waals surface area contributed by atoms with Gasteiger partial charge < -0.3 is 73.3 Å².